The minimum absolute atomic E-state index is 0.0957. The molecule has 2 aromatic carbocycles. The van der Waals surface area contributed by atoms with Crippen molar-refractivity contribution in [3.05, 3.63) is 70.8 Å². The molecule has 0 aromatic heterocycles. The Kier molecular flexibility index (Phi) is 9.89. The van der Waals surface area contributed by atoms with Crippen LogP contribution in [0.5, 0.6) is 0 Å². The van der Waals surface area contributed by atoms with E-state index in [1.54, 1.807) is 48.5 Å². The van der Waals surface area contributed by atoms with Crippen molar-refractivity contribution in [2.45, 2.75) is 65.5 Å². The van der Waals surface area contributed by atoms with Gasteiger partial charge in [-0.1, -0.05) is 55.5 Å². The van der Waals surface area contributed by atoms with Gasteiger partial charge in [-0.2, -0.15) is 0 Å². The molecular formula is C28H38O7. The van der Waals surface area contributed by atoms with Gasteiger partial charge in [-0.3, -0.25) is 9.59 Å². The number of aliphatic hydroxyl groups is 3. The molecule has 35 heavy (non-hydrogen) atoms. The highest BCUT2D eigenvalue weighted by Crippen LogP contribution is 2.24. The van der Waals surface area contributed by atoms with Gasteiger partial charge in [-0.25, -0.2) is 0 Å². The molecule has 0 fully saturated rings. The van der Waals surface area contributed by atoms with E-state index in [0.717, 1.165) is 11.1 Å². The van der Waals surface area contributed by atoms with Crippen LogP contribution in [0.2, 0.25) is 0 Å². The lowest BCUT2D eigenvalue weighted by molar-refractivity contribution is -0.0614. The number of benzene rings is 2. The lowest BCUT2D eigenvalue weighted by atomic mass is 9.88. The number of hydrogen-bond acceptors (Lipinski definition) is 7. The number of aliphatic hydroxyl groups excluding tert-OH is 1. The molecule has 0 heterocycles. The van der Waals surface area contributed by atoms with Crippen LogP contribution < -0.4 is 0 Å². The zero-order valence-electron chi connectivity index (χ0n) is 21.3. The SMILES string of the molecule is CCC(CO)(COCc1ccc(C(=O)C(C)(C)O)cc1)COCc1ccc(C(=O)C(C)(C)O)cc1. The van der Waals surface area contributed by atoms with Crippen LogP contribution >= 0.6 is 0 Å². The second-order valence-electron chi connectivity index (χ2n) is 10.2. The molecule has 0 atom stereocenters. The first-order valence-corrected chi connectivity index (χ1v) is 11.8. The van der Waals surface area contributed by atoms with Crippen LogP contribution in [0.15, 0.2) is 48.5 Å². The minimum atomic E-state index is -1.42. The van der Waals surface area contributed by atoms with Gasteiger partial charge in [0.1, 0.15) is 11.2 Å². The van der Waals surface area contributed by atoms with Gasteiger partial charge < -0.3 is 24.8 Å². The maximum absolute atomic E-state index is 12.1. The summed E-state index contributed by atoms with van der Waals surface area (Å²) in [7, 11) is 0. The number of ketones is 2. The zero-order chi connectivity index (χ0) is 26.3. The maximum Gasteiger partial charge on any atom is 0.193 e. The molecule has 3 N–H and O–H groups in total. The molecule has 0 amide bonds. The van der Waals surface area contributed by atoms with Gasteiger partial charge in [0.15, 0.2) is 11.6 Å². The molecule has 0 saturated carbocycles. The number of carbonyl (C=O) groups is 2. The number of rotatable bonds is 14. The van der Waals surface area contributed by atoms with Crippen molar-refractivity contribution in [1.82, 2.24) is 0 Å². The lowest BCUT2D eigenvalue weighted by Gasteiger charge is -2.30. The fourth-order valence-electron chi connectivity index (χ4n) is 3.43. The monoisotopic (exact) mass is 486 g/mol. The van der Waals surface area contributed by atoms with E-state index in [1.807, 2.05) is 6.92 Å². The summed E-state index contributed by atoms with van der Waals surface area (Å²) in [6, 6.07) is 13.8. The third-order valence-corrected chi connectivity index (χ3v) is 5.98. The average molecular weight is 487 g/mol. The van der Waals surface area contributed by atoms with E-state index < -0.39 is 16.6 Å². The Morgan fingerprint density at radius 3 is 1.31 bits per heavy atom. The fourth-order valence-corrected chi connectivity index (χ4v) is 3.43. The van der Waals surface area contributed by atoms with Crippen molar-refractivity contribution >= 4 is 11.6 Å². The van der Waals surface area contributed by atoms with Gasteiger partial charge in [0.05, 0.1) is 33.0 Å². The third kappa shape index (κ3) is 8.33. The zero-order valence-corrected chi connectivity index (χ0v) is 21.3. The summed E-state index contributed by atoms with van der Waals surface area (Å²) in [4.78, 5) is 24.3. The van der Waals surface area contributed by atoms with Crippen molar-refractivity contribution in [2.75, 3.05) is 19.8 Å². The lowest BCUT2D eigenvalue weighted by Crippen LogP contribution is -2.35. The Balaban J connectivity index is 1.88. The summed E-state index contributed by atoms with van der Waals surface area (Å²) in [6.07, 6.45) is 0.654. The van der Waals surface area contributed by atoms with Crippen molar-refractivity contribution in [3.63, 3.8) is 0 Å². The van der Waals surface area contributed by atoms with E-state index in [-0.39, 0.29) is 18.2 Å². The van der Waals surface area contributed by atoms with Crippen LogP contribution in [-0.4, -0.2) is 57.9 Å². The fraction of sp³-hybridized carbons (Fsp3) is 0.500. The number of hydrogen-bond donors (Lipinski definition) is 3. The van der Waals surface area contributed by atoms with Crippen LogP contribution in [0, 0.1) is 5.41 Å². The van der Waals surface area contributed by atoms with Gasteiger partial charge in [-0.15, -0.1) is 0 Å². The highest BCUT2D eigenvalue weighted by molar-refractivity contribution is 6.02. The summed E-state index contributed by atoms with van der Waals surface area (Å²) >= 11 is 0. The van der Waals surface area contributed by atoms with Crippen LogP contribution in [-0.2, 0) is 22.7 Å². The predicted molar refractivity (Wildman–Crippen MR) is 133 cm³/mol. The van der Waals surface area contributed by atoms with E-state index in [0.29, 0.717) is 44.0 Å². The minimum Gasteiger partial charge on any atom is -0.396 e. The molecule has 0 spiro atoms. The van der Waals surface area contributed by atoms with Gasteiger partial charge in [0.2, 0.25) is 0 Å². The average Bonchev–Trinajstić information content (AvgIpc) is 2.82. The topological polar surface area (TPSA) is 113 Å². The molecule has 7 heteroatoms. The Labute approximate surface area is 207 Å². The third-order valence-electron chi connectivity index (χ3n) is 5.98. The molecule has 0 aliphatic rings. The van der Waals surface area contributed by atoms with Gasteiger partial charge >= 0.3 is 0 Å². The summed E-state index contributed by atoms with van der Waals surface area (Å²) in [5.74, 6) is -0.684. The second-order valence-corrected chi connectivity index (χ2v) is 10.2. The first-order chi connectivity index (χ1) is 16.3. The van der Waals surface area contributed by atoms with Gasteiger partial charge in [0, 0.05) is 16.5 Å². The molecule has 0 aliphatic heterocycles. The Bertz CT molecular complexity index is 883. The van der Waals surface area contributed by atoms with Crippen LogP contribution in [0.4, 0.5) is 0 Å². The number of ether oxygens (including phenoxy) is 2. The van der Waals surface area contributed by atoms with Crippen LogP contribution in [0.25, 0.3) is 0 Å². The highest BCUT2D eigenvalue weighted by Gasteiger charge is 2.29. The van der Waals surface area contributed by atoms with Crippen LogP contribution in [0.1, 0.15) is 72.9 Å². The standard InChI is InChI=1S/C28H38O7/c1-6-28(17-29,18-34-15-20-7-11-22(12-8-20)24(30)26(2,3)32)19-35-16-21-9-13-23(14-10-21)25(31)27(4,5)33/h7-14,29,32-33H,6,15-19H2,1-5H3. The molecule has 2 rings (SSSR count). The molecule has 192 valence electrons. The summed E-state index contributed by atoms with van der Waals surface area (Å²) in [6.45, 7) is 8.93. The van der Waals surface area contributed by atoms with Crippen molar-refractivity contribution in [3.8, 4) is 0 Å². The van der Waals surface area contributed by atoms with Crippen molar-refractivity contribution < 1.29 is 34.4 Å². The number of Topliss-reactive ketones (excluding diaryl/α,β-unsaturated/α-hetero) is 2. The Hall–Kier alpha value is -2.42. The van der Waals surface area contributed by atoms with E-state index in [2.05, 4.69) is 0 Å². The largest absolute Gasteiger partial charge is 0.396 e. The van der Waals surface area contributed by atoms with Crippen LogP contribution in [0.3, 0.4) is 0 Å². The normalized spacial score (nSPS) is 12.6. The maximum atomic E-state index is 12.1. The molecule has 0 unspecified atom stereocenters. The smallest absolute Gasteiger partial charge is 0.193 e. The summed E-state index contributed by atoms with van der Waals surface area (Å²) < 4.78 is 11.8. The first-order valence-electron chi connectivity index (χ1n) is 11.8. The predicted octanol–water partition coefficient (Wildman–Crippen LogP) is 3.72. The molecule has 0 bridgehead atoms. The van der Waals surface area contributed by atoms with E-state index >= 15 is 0 Å². The Morgan fingerprint density at radius 2 is 1.06 bits per heavy atom. The van der Waals surface area contributed by atoms with Gasteiger partial charge in [0.25, 0.3) is 0 Å². The quantitative estimate of drug-likeness (QED) is 0.349. The molecule has 7 nitrogen and oxygen atoms in total. The first kappa shape index (κ1) is 28.8. The second kappa shape index (κ2) is 12.0. The molecule has 0 aliphatic carbocycles. The molecular weight excluding hydrogens is 448 g/mol. The van der Waals surface area contributed by atoms with Crippen molar-refractivity contribution in [1.29, 1.82) is 0 Å². The van der Waals surface area contributed by atoms with E-state index in [9.17, 15) is 24.9 Å². The summed E-state index contributed by atoms with van der Waals surface area (Å²) in [5.41, 5.74) is -0.779. The van der Waals surface area contributed by atoms with Crippen molar-refractivity contribution in [2.24, 2.45) is 5.41 Å². The number of carbonyl (C=O) groups excluding carboxylic acids is 2. The van der Waals surface area contributed by atoms with E-state index in [1.165, 1.54) is 27.7 Å². The van der Waals surface area contributed by atoms with Gasteiger partial charge in [-0.05, 0) is 45.2 Å². The molecule has 2 aromatic rings. The summed E-state index contributed by atoms with van der Waals surface area (Å²) in [5, 5.41) is 29.8. The molecule has 0 saturated heterocycles. The van der Waals surface area contributed by atoms with E-state index in [4.69, 9.17) is 9.47 Å². The highest BCUT2D eigenvalue weighted by atomic mass is 16.5. The Morgan fingerprint density at radius 1 is 0.714 bits per heavy atom. The molecule has 0 radical (unpaired) electrons.